The summed E-state index contributed by atoms with van der Waals surface area (Å²) in [6, 6.07) is 2.34. The number of rotatable bonds is 3. The molecule has 0 aromatic heterocycles. The summed E-state index contributed by atoms with van der Waals surface area (Å²) in [5.41, 5.74) is 8.14. The Morgan fingerprint density at radius 3 is 2.71 bits per heavy atom. The minimum Gasteiger partial charge on any atom is -0.465 e. The summed E-state index contributed by atoms with van der Waals surface area (Å²) < 4.78 is 4.49. The van der Waals surface area contributed by atoms with Gasteiger partial charge in [-0.05, 0) is 18.5 Å². The number of hydrogen-bond acceptors (Lipinski definition) is 5. The predicted octanol–water partition coefficient (Wildman–Crippen LogP) is 2.63. The highest BCUT2D eigenvalue weighted by Gasteiger charge is 2.20. The molecule has 1 aromatic carbocycles. The Hall–Kier alpha value is -2.60. The van der Waals surface area contributed by atoms with Crippen molar-refractivity contribution in [2.75, 3.05) is 7.11 Å². The molecule has 1 aromatic rings. The van der Waals surface area contributed by atoms with E-state index in [4.69, 9.17) is 5.53 Å². The first kappa shape index (κ1) is 12.5. The summed E-state index contributed by atoms with van der Waals surface area (Å²) in [6.45, 7) is 1.42. The number of methoxy groups -OCH3 is 1. The van der Waals surface area contributed by atoms with E-state index in [2.05, 4.69) is 14.8 Å². The van der Waals surface area contributed by atoms with Gasteiger partial charge in [-0.1, -0.05) is 5.11 Å². The molecule has 0 saturated heterocycles. The molecule has 0 atom stereocenters. The van der Waals surface area contributed by atoms with Crippen molar-refractivity contribution in [1.29, 1.82) is 0 Å². The normalized spacial score (nSPS) is 9.29. The fraction of sp³-hybridized carbons (Fsp3) is 0.222. The number of benzene rings is 1. The van der Waals surface area contributed by atoms with Crippen LogP contribution >= 0.6 is 0 Å². The predicted molar refractivity (Wildman–Crippen MR) is 58.0 cm³/mol. The molecule has 0 amide bonds. The van der Waals surface area contributed by atoms with Gasteiger partial charge < -0.3 is 4.74 Å². The number of azide groups is 1. The molecular weight excluding hydrogens is 228 g/mol. The van der Waals surface area contributed by atoms with Crippen molar-refractivity contribution in [3.05, 3.63) is 43.8 Å². The maximum absolute atomic E-state index is 11.4. The van der Waals surface area contributed by atoms with Gasteiger partial charge in [0.25, 0.3) is 5.69 Å². The lowest BCUT2D eigenvalue weighted by Gasteiger charge is -2.05. The average Bonchev–Trinajstić information content (AvgIpc) is 2.30. The van der Waals surface area contributed by atoms with Crippen LogP contribution in [0.1, 0.15) is 15.9 Å². The second-order valence-electron chi connectivity index (χ2n) is 3.08. The van der Waals surface area contributed by atoms with Crippen molar-refractivity contribution in [1.82, 2.24) is 0 Å². The number of ether oxygens (including phenoxy) is 1. The quantitative estimate of drug-likeness (QED) is 0.200. The molecule has 17 heavy (non-hydrogen) atoms. The van der Waals surface area contributed by atoms with Crippen LogP contribution in [0.25, 0.3) is 10.4 Å². The van der Waals surface area contributed by atoms with Gasteiger partial charge in [-0.15, -0.1) is 0 Å². The van der Waals surface area contributed by atoms with E-state index in [-0.39, 0.29) is 22.5 Å². The van der Waals surface area contributed by atoms with Gasteiger partial charge in [0.1, 0.15) is 0 Å². The molecule has 1 rings (SSSR count). The first-order valence-electron chi connectivity index (χ1n) is 4.43. The highest BCUT2D eigenvalue weighted by molar-refractivity contribution is 5.93. The summed E-state index contributed by atoms with van der Waals surface area (Å²) in [5, 5.41) is 14.0. The Bertz CT molecular complexity index is 534. The highest BCUT2D eigenvalue weighted by atomic mass is 16.6. The number of nitro groups is 1. The molecule has 0 fully saturated rings. The summed E-state index contributed by atoms with van der Waals surface area (Å²) in [6.07, 6.45) is 0. The van der Waals surface area contributed by atoms with Crippen LogP contribution in [-0.4, -0.2) is 18.0 Å². The van der Waals surface area contributed by atoms with Crippen LogP contribution in [0, 0.1) is 17.0 Å². The number of esters is 1. The number of nitrogens with zero attached hydrogens (tertiary/aromatic N) is 4. The lowest BCUT2D eigenvalue weighted by atomic mass is 10.1. The number of carbonyl (C=O) groups excluding carboxylic acids is 1. The van der Waals surface area contributed by atoms with E-state index in [1.807, 2.05) is 0 Å². The van der Waals surface area contributed by atoms with Gasteiger partial charge in [0.15, 0.2) is 0 Å². The minimum atomic E-state index is -0.722. The first-order chi connectivity index (χ1) is 8.01. The van der Waals surface area contributed by atoms with Gasteiger partial charge in [0, 0.05) is 22.2 Å². The average molecular weight is 236 g/mol. The van der Waals surface area contributed by atoms with Crippen molar-refractivity contribution in [3.8, 4) is 0 Å². The second kappa shape index (κ2) is 4.95. The molecule has 0 N–H and O–H groups in total. The van der Waals surface area contributed by atoms with Crippen molar-refractivity contribution in [3.63, 3.8) is 0 Å². The van der Waals surface area contributed by atoms with Gasteiger partial charge in [-0.25, -0.2) is 4.79 Å². The third-order valence-corrected chi connectivity index (χ3v) is 2.13. The molecular formula is C9H8N4O4. The summed E-state index contributed by atoms with van der Waals surface area (Å²) in [4.78, 5) is 24.0. The van der Waals surface area contributed by atoms with Crippen LogP contribution < -0.4 is 0 Å². The van der Waals surface area contributed by atoms with Crippen molar-refractivity contribution >= 4 is 17.3 Å². The van der Waals surface area contributed by atoms with Crippen molar-refractivity contribution in [2.45, 2.75) is 6.92 Å². The molecule has 0 saturated carbocycles. The molecule has 0 spiro atoms. The molecule has 0 heterocycles. The van der Waals surface area contributed by atoms with Crippen LogP contribution in [-0.2, 0) is 4.74 Å². The second-order valence-corrected chi connectivity index (χ2v) is 3.08. The third-order valence-electron chi connectivity index (χ3n) is 2.13. The molecule has 0 bridgehead atoms. The maximum atomic E-state index is 11.4. The van der Waals surface area contributed by atoms with E-state index in [0.717, 1.165) is 13.2 Å². The Balaban J connectivity index is 3.53. The molecule has 0 aliphatic rings. The summed E-state index contributed by atoms with van der Waals surface area (Å²) >= 11 is 0. The highest BCUT2D eigenvalue weighted by Crippen LogP contribution is 2.28. The summed E-state index contributed by atoms with van der Waals surface area (Å²) in [7, 11) is 1.16. The van der Waals surface area contributed by atoms with Crippen molar-refractivity contribution in [2.24, 2.45) is 5.11 Å². The SMILES string of the molecule is COC(=O)c1cc(N=[N+]=[N-])cc([N+](=O)[O-])c1C. The Morgan fingerprint density at radius 1 is 1.59 bits per heavy atom. The van der Waals surface area contributed by atoms with Gasteiger partial charge in [0.05, 0.1) is 17.6 Å². The molecule has 0 aliphatic carbocycles. The summed E-state index contributed by atoms with van der Waals surface area (Å²) in [5.74, 6) is -0.722. The van der Waals surface area contributed by atoms with E-state index >= 15 is 0 Å². The monoisotopic (exact) mass is 236 g/mol. The lowest BCUT2D eigenvalue weighted by molar-refractivity contribution is -0.385. The molecule has 0 unspecified atom stereocenters. The Labute approximate surface area is 95.6 Å². The number of nitro benzene ring substituents is 1. The van der Waals surface area contributed by atoms with Crippen LogP contribution in [0.2, 0.25) is 0 Å². The minimum absolute atomic E-state index is 0.00380. The van der Waals surface area contributed by atoms with Crippen LogP contribution in [0.5, 0.6) is 0 Å². The van der Waals surface area contributed by atoms with E-state index in [1.54, 1.807) is 0 Å². The van der Waals surface area contributed by atoms with E-state index < -0.39 is 10.9 Å². The Kier molecular flexibility index (Phi) is 3.63. The lowest BCUT2D eigenvalue weighted by Crippen LogP contribution is -2.05. The molecule has 8 nitrogen and oxygen atoms in total. The zero-order chi connectivity index (χ0) is 13.0. The van der Waals surface area contributed by atoms with Crippen LogP contribution in [0.15, 0.2) is 17.2 Å². The molecule has 8 heteroatoms. The zero-order valence-corrected chi connectivity index (χ0v) is 9.08. The van der Waals surface area contributed by atoms with Crippen molar-refractivity contribution < 1.29 is 14.5 Å². The largest absolute Gasteiger partial charge is 0.465 e. The van der Waals surface area contributed by atoms with Crippen LogP contribution in [0.3, 0.4) is 0 Å². The van der Waals surface area contributed by atoms with Gasteiger partial charge >= 0.3 is 5.97 Å². The fourth-order valence-corrected chi connectivity index (χ4v) is 1.31. The first-order valence-corrected chi connectivity index (χ1v) is 4.43. The smallest absolute Gasteiger partial charge is 0.338 e. The van der Waals surface area contributed by atoms with Gasteiger partial charge in [0.2, 0.25) is 0 Å². The van der Waals surface area contributed by atoms with E-state index in [1.165, 1.54) is 13.0 Å². The maximum Gasteiger partial charge on any atom is 0.338 e. The molecule has 0 aliphatic heterocycles. The molecule has 0 radical (unpaired) electrons. The van der Waals surface area contributed by atoms with Gasteiger partial charge in [-0.3, -0.25) is 10.1 Å². The standard InChI is InChI=1S/C9H8N4O4/c1-5-7(9(14)17-2)3-6(11-12-10)4-8(5)13(15)16/h3-4H,1-2H3. The van der Waals surface area contributed by atoms with Crippen LogP contribution in [0.4, 0.5) is 11.4 Å². The van der Waals surface area contributed by atoms with Gasteiger partial charge in [-0.2, -0.15) is 0 Å². The topological polar surface area (TPSA) is 118 Å². The third kappa shape index (κ3) is 2.50. The zero-order valence-electron chi connectivity index (χ0n) is 9.08. The fourth-order valence-electron chi connectivity index (χ4n) is 1.31. The number of hydrogen-bond donors (Lipinski definition) is 0. The number of carbonyl (C=O) groups is 1. The van der Waals surface area contributed by atoms with E-state index in [9.17, 15) is 14.9 Å². The van der Waals surface area contributed by atoms with E-state index in [0.29, 0.717) is 0 Å². The molecule has 88 valence electrons. The Morgan fingerprint density at radius 2 is 2.24 bits per heavy atom.